The Morgan fingerprint density at radius 1 is 1.33 bits per heavy atom. The van der Waals surface area contributed by atoms with Gasteiger partial charge in [0.2, 0.25) is 0 Å². The smallest absolute Gasteiger partial charge is 0.128 e. The molecule has 0 atom stereocenters. The quantitative estimate of drug-likeness (QED) is 0.758. The van der Waals surface area contributed by atoms with Crippen molar-refractivity contribution >= 4 is 23.0 Å². The van der Waals surface area contributed by atoms with E-state index >= 15 is 0 Å². The second-order valence-electron chi connectivity index (χ2n) is 4.51. The SMILES string of the molecule is CCN(CCCN(C)C)c1ccc(C(N)=S)cn1. The number of nitrogens with two attached hydrogens (primary N) is 1. The standard InChI is InChI=1S/C13H22N4S/c1-4-17(9-5-8-16(2)3)12-7-6-11(10-15-12)13(14)18/h6-7,10H,4-5,8-9H2,1-3H3,(H2,14,18). The lowest BCUT2D eigenvalue weighted by Crippen LogP contribution is -2.27. The van der Waals surface area contributed by atoms with Crippen LogP contribution in [0, 0.1) is 0 Å². The predicted octanol–water partition coefficient (Wildman–Crippen LogP) is 1.49. The summed E-state index contributed by atoms with van der Waals surface area (Å²) in [5.74, 6) is 0.983. The Kier molecular flexibility index (Phi) is 6.01. The summed E-state index contributed by atoms with van der Waals surface area (Å²) in [6.07, 6.45) is 2.87. The van der Waals surface area contributed by atoms with Crippen LogP contribution in [0.2, 0.25) is 0 Å². The molecule has 18 heavy (non-hydrogen) atoms. The van der Waals surface area contributed by atoms with Crippen molar-refractivity contribution in [2.24, 2.45) is 5.73 Å². The van der Waals surface area contributed by atoms with Crippen LogP contribution in [0.25, 0.3) is 0 Å². The fraction of sp³-hybridized carbons (Fsp3) is 0.538. The van der Waals surface area contributed by atoms with Gasteiger partial charge in [-0.3, -0.25) is 0 Å². The highest BCUT2D eigenvalue weighted by molar-refractivity contribution is 7.80. The van der Waals surface area contributed by atoms with E-state index in [1.54, 1.807) is 6.20 Å². The zero-order valence-electron chi connectivity index (χ0n) is 11.4. The molecule has 0 aliphatic carbocycles. The third kappa shape index (κ3) is 4.58. The van der Waals surface area contributed by atoms with Crippen molar-refractivity contribution in [2.45, 2.75) is 13.3 Å². The Balaban J connectivity index is 2.61. The first-order valence-corrected chi connectivity index (χ1v) is 6.61. The molecule has 4 nitrogen and oxygen atoms in total. The lowest BCUT2D eigenvalue weighted by molar-refractivity contribution is 0.400. The summed E-state index contributed by atoms with van der Waals surface area (Å²) in [4.78, 5) is 9.26. The van der Waals surface area contributed by atoms with Crippen molar-refractivity contribution in [1.82, 2.24) is 9.88 Å². The first-order valence-electron chi connectivity index (χ1n) is 6.20. The third-order valence-electron chi connectivity index (χ3n) is 2.77. The number of nitrogens with zero attached hydrogens (tertiary/aromatic N) is 3. The first-order chi connectivity index (χ1) is 8.54. The van der Waals surface area contributed by atoms with Crippen LogP contribution in [0.1, 0.15) is 18.9 Å². The largest absolute Gasteiger partial charge is 0.389 e. The lowest BCUT2D eigenvalue weighted by Gasteiger charge is -2.22. The monoisotopic (exact) mass is 266 g/mol. The van der Waals surface area contributed by atoms with Crippen LogP contribution in [0.15, 0.2) is 18.3 Å². The number of hydrogen-bond acceptors (Lipinski definition) is 4. The van der Waals surface area contributed by atoms with Crippen molar-refractivity contribution in [2.75, 3.05) is 38.6 Å². The zero-order valence-corrected chi connectivity index (χ0v) is 12.2. The summed E-state index contributed by atoms with van der Waals surface area (Å²) in [5, 5.41) is 0. The summed E-state index contributed by atoms with van der Waals surface area (Å²) in [7, 11) is 4.18. The van der Waals surface area contributed by atoms with Crippen LogP contribution in [-0.2, 0) is 0 Å². The minimum atomic E-state index is 0.393. The second-order valence-corrected chi connectivity index (χ2v) is 4.95. The summed E-state index contributed by atoms with van der Waals surface area (Å²) < 4.78 is 0. The molecule has 100 valence electrons. The van der Waals surface area contributed by atoms with Gasteiger partial charge in [-0.05, 0) is 46.1 Å². The second kappa shape index (κ2) is 7.28. The molecule has 0 amide bonds. The Hall–Kier alpha value is -1.20. The maximum absolute atomic E-state index is 5.56. The van der Waals surface area contributed by atoms with Gasteiger partial charge in [-0.25, -0.2) is 4.98 Å². The van der Waals surface area contributed by atoms with E-state index in [1.165, 1.54) is 0 Å². The topological polar surface area (TPSA) is 45.4 Å². The van der Waals surface area contributed by atoms with Crippen LogP contribution < -0.4 is 10.6 Å². The highest BCUT2D eigenvalue weighted by Gasteiger charge is 2.06. The lowest BCUT2D eigenvalue weighted by atomic mass is 10.2. The molecule has 0 aliphatic heterocycles. The summed E-state index contributed by atoms with van der Waals surface area (Å²) >= 11 is 4.92. The van der Waals surface area contributed by atoms with E-state index in [9.17, 15) is 0 Å². The molecule has 0 saturated carbocycles. The van der Waals surface area contributed by atoms with E-state index in [2.05, 4.69) is 35.8 Å². The molecule has 2 N–H and O–H groups in total. The minimum Gasteiger partial charge on any atom is -0.389 e. The molecule has 1 aromatic rings. The molecule has 1 heterocycles. The van der Waals surface area contributed by atoms with Gasteiger partial charge in [0.05, 0.1) is 0 Å². The molecule has 0 fully saturated rings. The fourth-order valence-corrected chi connectivity index (χ4v) is 1.85. The predicted molar refractivity (Wildman–Crippen MR) is 81.2 cm³/mol. The third-order valence-corrected chi connectivity index (χ3v) is 3.01. The highest BCUT2D eigenvalue weighted by Crippen LogP contribution is 2.11. The van der Waals surface area contributed by atoms with Crippen molar-refractivity contribution in [1.29, 1.82) is 0 Å². The summed E-state index contributed by atoms with van der Waals surface area (Å²) in [6, 6.07) is 3.91. The molecule has 0 aliphatic rings. The number of hydrogen-bond donors (Lipinski definition) is 1. The van der Waals surface area contributed by atoms with E-state index < -0.39 is 0 Å². The zero-order chi connectivity index (χ0) is 13.5. The average molecular weight is 266 g/mol. The average Bonchev–Trinajstić information content (AvgIpc) is 2.34. The Labute approximate surface area is 115 Å². The minimum absolute atomic E-state index is 0.393. The van der Waals surface area contributed by atoms with Crippen molar-refractivity contribution in [3.8, 4) is 0 Å². The number of anilines is 1. The number of pyridine rings is 1. The van der Waals surface area contributed by atoms with Crippen LogP contribution in [0.5, 0.6) is 0 Å². The van der Waals surface area contributed by atoms with Gasteiger partial charge in [0.1, 0.15) is 10.8 Å². The summed E-state index contributed by atoms with van der Waals surface area (Å²) in [6.45, 7) is 5.18. The molecule has 1 rings (SSSR count). The first kappa shape index (κ1) is 14.9. The van der Waals surface area contributed by atoms with Crippen molar-refractivity contribution < 1.29 is 0 Å². The molecule has 0 aromatic carbocycles. The molecule has 0 unspecified atom stereocenters. The van der Waals surface area contributed by atoms with E-state index in [-0.39, 0.29) is 0 Å². The van der Waals surface area contributed by atoms with Crippen molar-refractivity contribution in [3.63, 3.8) is 0 Å². The highest BCUT2D eigenvalue weighted by atomic mass is 32.1. The molecule has 0 radical (unpaired) electrons. The van der Waals surface area contributed by atoms with Gasteiger partial charge in [0.25, 0.3) is 0 Å². The van der Waals surface area contributed by atoms with Gasteiger partial charge >= 0.3 is 0 Å². The molecule has 0 spiro atoms. The maximum Gasteiger partial charge on any atom is 0.128 e. The molecular formula is C13H22N4S. The maximum atomic E-state index is 5.56. The Bertz CT molecular complexity index is 375. The molecule has 5 heteroatoms. The number of rotatable bonds is 7. The number of aromatic nitrogens is 1. The van der Waals surface area contributed by atoms with E-state index in [4.69, 9.17) is 18.0 Å². The van der Waals surface area contributed by atoms with Gasteiger partial charge in [0.15, 0.2) is 0 Å². The van der Waals surface area contributed by atoms with Crippen LogP contribution in [-0.4, -0.2) is 48.6 Å². The van der Waals surface area contributed by atoms with E-state index in [0.717, 1.165) is 37.4 Å². The van der Waals surface area contributed by atoms with Gasteiger partial charge in [-0.1, -0.05) is 12.2 Å². The van der Waals surface area contributed by atoms with Crippen molar-refractivity contribution in [3.05, 3.63) is 23.9 Å². The number of thiocarbonyl (C=S) groups is 1. The Morgan fingerprint density at radius 3 is 2.50 bits per heavy atom. The van der Waals surface area contributed by atoms with Gasteiger partial charge in [0, 0.05) is 24.8 Å². The fourth-order valence-electron chi connectivity index (χ4n) is 1.73. The van der Waals surface area contributed by atoms with Crippen LogP contribution in [0.3, 0.4) is 0 Å². The molecular weight excluding hydrogens is 244 g/mol. The van der Waals surface area contributed by atoms with E-state index in [1.807, 2.05) is 12.1 Å². The normalized spacial score (nSPS) is 10.7. The molecule has 0 saturated heterocycles. The van der Waals surface area contributed by atoms with Crippen LogP contribution >= 0.6 is 12.2 Å². The van der Waals surface area contributed by atoms with E-state index in [0.29, 0.717) is 4.99 Å². The molecule has 1 aromatic heterocycles. The van der Waals surface area contributed by atoms with Crippen LogP contribution in [0.4, 0.5) is 5.82 Å². The molecule has 0 bridgehead atoms. The van der Waals surface area contributed by atoms with Gasteiger partial charge in [-0.15, -0.1) is 0 Å². The van der Waals surface area contributed by atoms with Gasteiger partial charge < -0.3 is 15.5 Å². The van der Waals surface area contributed by atoms with Gasteiger partial charge in [-0.2, -0.15) is 0 Å². The Morgan fingerprint density at radius 2 is 2.06 bits per heavy atom. The summed E-state index contributed by atoms with van der Waals surface area (Å²) in [5.41, 5.74) is 6.38.